The van der Waals surface area contributed by atoms with Crippen LogP contribution in [0.2, 0.25) is 0 Å². The van der Waals surface area contributed by atoms with Crippen molar-refractivity contribution in [2.24, 2.45) is 5.73 Å². The van der Waals surface area contributed by atoms with Gasteiger partial charge >= 0.3 is 5.97 Å². The first-order chi connectivity index (χ1) is 12.1. The monoisotopic (exact) mass is 367 g/mol. The minimum atomic E-state index is -1.41. The molecule has 26 heavy (non-hydrogen) atoms. The standard InChI is InChI=1S/C17H25N3O6/c1-9(21)13(18)15(23)20-14(10(2)22)16(24)19-12(17(25)26)8-11-6-4-3-5-7-11/h3-7,9-10,12-14,21-22H,8,18H2,1-2H3,(H,19,24)(H,20,23)(H,25,26). The van der Waals surface area contributed by atoms with Crippen molar-refractivity contribution in [1.29, 1.82) is 0 Å². The van der Waals surface area contributed by atoms with Gasteiger partial charge in [-0.3, -0.25) is 9.59 Å². The number of carbonyl (C=O) groups is 3. The Balaban J connectivity index is 2.83. The first kappa shape index (κ1) is 21.6. The smallest absolute Gasteiger partial charge is 0.326 e. The van der Waals surface area contributed by atoms with Crippen molar-refractivity contribution in [3.63, 3.8) is 0 Å². The molecule has 9 heteroatoms. The van der Waals surface area contributed by atoms with E-state index in [1.165, 1.54) is 13.8 Å². The van der Waals surface area contributed by atoms with E-state index in [9.17, 15) is 29.7 Å². The summed E-state index contributed by atoms with van der Waals surface area (Å²) in [6.07, 6.45) is -2.42. The first-order valence-electron chi connectivity index (χ1n) is 8.12. The van der Waals surface area contributed by atoms with Gasteiger partial charge in [0.25, 0.3) is 0 Å². The molecule has 0 heterocycles. The van der Waals surface area contributed by atoms with Gasteiger partial charge in [0.2, 0.25) is 11.8 Å². The summed E-state index contributed by atoms with van der Waals surface area (Å²) in [6, 6.07) is 4.76. The van der Waals surface area contributed by atoms with Crippen LogP contribution in [0.3, 0.4) is 0 Å². The van der Waals surface area contributed by atoms with E-state index in [1.807, 2.05) is 0 Å². The molecule has 0 aliphatic rings. The Hall–Kier alpha value is -2.49. The van der Waals surface area contributed by atoms with Crippen molar-refractivity contribution in [2.75, 3.05) is 0 Å². The minimum Gasteiger partial charge on any atom is -0.480 e. The maximum Gasteiger partial charge on any atom is 0.326 e. The number of hydrogen-bond donors (Lipinski definition) is 6. The van der Waals surface area contributed by atoms with Crippen molar-refractivity contribution in [3.8, 4) is 0 Å². The van der Waals surface area contributed by atoms with Crippen LogP contribution in [0.25, 0.3) is 0 Å². The molecule has 5 unspecified atom stereocenters. The molecule has 0 aromatic heterocycles. The second kappa shape index (κ2) is 9.85. The van der Waals surface area contributed by atoms with Crippen LogP contribution in [0, 0.1) is 0 Å². The quantitative estimate of drug-likeness (QED) is 0.305. The lowest BCUT2D eigenvalue weighted by molar-refractivity contribution is -0.143. The number of carboxylic acids is 1. The molecule has 9 nitrogen and oxygen atoms in total. The van der Waals surface area contributed by atoms with Gasteiger partial charge < -0.3 is 31.7 Å². The van der Waals surface area contributed by atoms with Crippen LogP contribution < -0.4 is 16.4 Å². The Bertz CT molecular complexity index is 620. The molecule has 2 amide bonds. The summed E-state index contributed by atoms with van der Waals surface area (Å²) >= 11 is 0. The molecule has 0 bridgehead atoms. The molecule has 7 N–H and O–H groups in total. The van der Waals surface area contributed by atoms with Crippen LogP contribution in [0.15, 0.2) is 30.3 Å². The molecule has 0 aliphatic carbocycles. The SMILES string of the molecule is CC(O)C(N)C(=O)NC(C(=O)NC(Cc1ccccc1)C(=O)O)C(C)O. The number of aliphatic carboxylic acids is 1. The fourth-order valence-electron chi connectivity index (χ4n) is 2.19. The van der Waals surface area contributed by atoms with Crippen molar-refractivity contribution in [3.05, 3.63) is 35.9 Å². The number of aliphatic hydroxyl groups is 2. The van der Waals surface area contributed by atoms with E-state index in [0.29, 0.717) is 5.56 Å². The summed E-state index contributed by atoms with van der Waals surface area (Å²) in [7, 11) is 0. The average Bonchev–Trinajstić information content (AvgIpc) is 2.58. The topological polar surface area (TPSA) is 162 Å². The Morgan fingerprint density at radius 1 is 1.00 bits per heavy atom. The predicted octanol–water partition coefficient (Wildman–Crippen LogP) is -1.63. The van der Waals surface area contributed by atoms with E-state index < -0.39 is 48.1 Å². The highest BCUT2D eigenvalue weighted by atomic mass is 16.4. The van der Waals surface area contributed by atoms with E-state index in [2.05, 4.69) is 10.6 Å². The number of nitrogens with one attached hydrogen (secondary N) is 2. The number of carbonyl (C=O) groups excluding carboxylic acids is 2. The average molecular weight is 367 g/mol. The molecule has 0 fully saturated rings. The van der Waals surface area contributed by atoms with Crippen molar-refractivity contribution in [1.82, 2.24) is 10.6 Å². The molecule has 0 saturated carbocycles. The Labute approximate surface area is 151 Å². The minimum absolute atomic E-state index is 0.0373. The summed E-state index contributed by atoms with van der Waals surface area (Å²) in [4.78, 5) is 35.7. The molecule has 0 saturated heterocycles. The summed E-state index contributed by atoms with van der Waals surface area (Å²) in [5, 5.41) is 33.0. The number of carboxylic acid groups (broad SMARTS) is 1. The van der Waals surface area contributed by atoms with Gasteiger partial charge in [-0.25, -0.2) is 4.79 Å². The second-order valence-electron chi connectivity index (χ2n) is 6.08. The fourth-order valence-corrected chi connectivity index (χ4v) is 2.19. The van der Waals surface area contributed by atoms with E-state index in [1.54, 1.807) is 30.3 Å². The molecular formula is C17H25N3O6. The van der Waals surface area contributed by atoms with Crippen LogP contribution >= 0.6 is 0 Å². The van der Waals surface area contributed by atoms with E-state index in [-0.39, 0.29) is 6.42 Å². The molecule has 5 atom stereocenters. The van der Waals surface area contributed by atoms with E-state index in [0.717, 1.165) is 0 Å². The van der Waals surface area contributed by atoms with Crippen LogP contribution in [-0.4, -0.2) is 63.4 Å². The second-order valence-corrected chi connectivity index (χ2v) is 6.08. The zero-order valence-electron chi connectivity index (χ0n) is 14.6. The Morgan fingerprint density at radius 2 is 1.58 bits per heavy atom. The summed E-state index contributed by atoms with van der Waals surface area (Å²) < 4.78 is 0. The Morgan fingerprint density at radius 3 is 2.04 bits per heavy atom. The lowest BCUT2D eigenvalue weighted by Crippen LogP contribution is -2.59. The molecule has 0 spiro atoms. The molecule has 0 radical (unpaired) electrons. The number of aliphatic hydroxyl groups excluding tert-OH is 2. The normalized spacial score (nSPS) is 16.7. The maximum atomic E-state index is 12.4. The third kappa shape index (κ3) is 6.43. The lowest BCUT2D eigenvalue weighted by atomic mass is 10.0. The highest BCUT2D eigenvalue weighted by Gasteiger charge is 2.31. The highest BCUT2D eigenvalue weighted by Crippen LogP contribution is 2.05. The predicted molar refractivity (Wildman–Crippen MR) is 93.0 cm³/mol. The van der Waals surface area contributed by atoms with Crippen LogP contribution in [0.5, 0.6) is 0 Å². The number of rotatable bonds is 9. The highest BCUT2D eigenvalue weighted by molar-refractivity contribution is 5.92. The zero-order valence-corrected chi connectivity index (χ0v) is 14.6. The number of hydrogen-bond acceptors (Lipinski definition) is 6. The van der Waals surface area contributed by atoms with Gasteiger partial charge in [0.1, 0.15) is 18.1 Å². The number of nitrogens with two attached hydrogens (primary N) is 1. The van der Waals surface area contributed by atoms with Gasteiger partial charge in [-0.1, -0.05) is 30.3 Å². The van der Waals surface area contributed by atoms with Crippen LogP contribution in [0.4, 0.5) is 0 Å². The van der Waals surface area contributed by atoms with E-state index in [4.69, 9.17) is 5.73 Å². The molecule has 0 aliphatic heterocycles. The molecule has 1 aromatic carbocycles. The van der Waals surface area contributed by atoms with Gasteiger partial charge in [-0.15, -0.1) is 0 Å². The third-order valence-corrected chi connectivity index (χ3v) is 3.78. The number of benzene rings is 1. The summed E-state index contributed by atoms with van der Waals surface area (Å²) in [5.74, 6) is -2.95. The van der Waals surface area contributed by atoms with Crippen LogP contribution in [-0.2, 0) is 20.8 Å². The van der Waals surface area contributed by atoms with Crippen molar-refractivity contribution in [2.45, 2.75) is 50.6 Å². The number of amides is 2. The summed E-state index contributed by atoms with van der Waals surface area (Å²) in [6.45, 7) is 2.58. The zero-order chi connectivity index (χ0) is 19.9. The Kier molecular flexibility index (Phi) is 8.17. The third-order valence-electron chi connectivity index (χ3n) is 3.78. The van der Waals surface area contributed by atoms with Crippen molar-refractivity contribution >= 4 is 17.8 Å². The maximum absolute atomic E-state index is 12.4. The van der Waals surface area contributed by atoms with Crippen molar-refractivity contribution < 1.29 is 29.7 Å². The van der Waals surface area contributed by atoms with Gasteiger partial charge in [-0.05, 0) is 19.4 Å². The van der Waals surface area contributed by atoms with Crippen LogP contribution in [0.1, 0.15) is 19.4 Å². The largest absolute Gasteiger partial charge is 0.480 e. The molecule has 144 valence electrons. The lowest BCUT2D eigenvalue weighted by Gasteiger charge is -2.25. The van der Waals surface area contributed by atoms with Gasteiger partial charge in [0.15, 0.2) is 0 Å². The van der Waals surface area contributed by atoms with Gasteiger partial charge in [0.05, 0.1) is 12.2 Å². The summed E-state index contributed by atoms with van der Waals surface area (Å²) in [5.41, 5.74) is 6.19. The van der Waals surface area contributed by atoms with Gasteiger partial charge in [-0.2, -0.15) is 0 Å². The van der Waals surface area contributed by atoms with Gasteiger partial charge in [0, 0.05) is 6.42 Å². The molecule has 1 aromatic rings. The molecule has 1 rings (SSSR count). The molecular weight excluding hydrogens is 342 g/mol. The first-order valence-corrected chi connectivity index (χ1v) is 8.12. The fraction of sp³-hybridized carbons (Fsp3) is 0.471. The van der Waals surface area contributed by atoms with E-state index >= 15 is 0 Å².